The van der Waals surface area contributed by atoms with E-state index in [1.165, 1.54) is 0 Å². The number of nitrogens with zero attached hydrogens (tertiary/aromatic N) is 1. The van der Waals surface area contributed by atoms with Crippen molar-refractivity contribution in [3.63, 3.8) is 0 Å². The van der Waals surface area contributed by atoms with Gasteiger partial charge in [0.15, 0.2) is 0 Å². The molecule has 0 N–H and O–H groups in total. The first kappa shape index (κ1) is 14.5. The summed E-state index contributed by atoms with van der Waals surface area (Å²) in [6.07, 6.45) is 0. The lowest BCUT2D eigenvalue weighted by Crippen LogP contribution is -1.87. The second kappa shape index (κ2) is 6.47. The third kappa shape index (κ3) is 3.14. The molecule has 0 fully saturated rings. The Hall–Kier alpha value is -1.95. The van der Waals surface area contributed by atoms with E-state index in [1.807, 2.05) is 12.1 Å². The van der Waals surface area contributed by atoms with E-state index >= 15 is 0 Å². The fourth-order valence-electron chi connectivity index (χ4n) is 1.74. The highest BCUT2D eigenvalue weighted by Crippen LogP contribution is 2.30. The van der Waals surface area contributed by atoms with Gasteiger partial charge in [-0.15, -0.1) is 0 Å². The molecule has 2 aromatic carbocycles. The van der Waals surface area contributed by atoms with Gasteiger partial charge in [0.2, 0.25) is 0 Å². The minimum atomic E-state index is 0.400. The molecule has 0 heterocycles. The van der Waals surface area contributed by atoms with Crippen molar-refractivity contribution < 1.29 is 4.74 Å². The summed E-state index contributed by atoms with van der Waals surface area (Å²) in [5.74, 6) is 0.739. The van der Waals surface area contributed by atoms with E-state index in [2.05, 4.69) is 6.07 Å². The first-order valence-corrected chi connectivity index (χ1v) is 6.61. The molecule has 0 atom stereocenters. The zero-order valence-corrected chi connectivity index (χ0v) is 12.2. The summed E-state index contributed by atoms with van der Waals surface area (Å²) in [5, 5.41) is 10.3. The van der Waals surface area contributed by atoms with Gasteiger partial charge in [-0.2, -0.15) is 5.26 Å². The Bertz CT molecular complexity index is 667. The Balaban J connectivity index is 2.46. The van der Waals surface area contributed by atoms with Crippen molar-refractivity contribution in [3.8, 4) is 11.8 Å². The summed E-state index contributed by atoms with van der Waals surface area (Å²) in [5.41, 5.74) is 1.91. The van der Waals surface area contributed by atoms with E-state index in [1.54, 1.807) is 43.5 Å². The van der Waals surface area contributed by atoms with Gasteiger partial charge < -0.3 is 4.74 Å². The summed E-state index contributed by atoms with van der Waals surface area (Å²) in [6.45, 7) is 0. The third-order valence-electron chi connectivity index (χ3n) is 2.81. The molecule has 0 saturated heterocycles. The third-order valence-corrected chi connectivity index (χ3v) is 3.47. The maximum absolute atomic E-state index is 9.33. The fraction of sp³-hybridized carbons (Fsp3) is 0.0625. The number of hydrogen-bond acceptors (Lipinski definition) is 2. The van der Waals surface area contributed by atoms with Crippen LogP contribution in [0.5, 0.6) is 5.75 Å². The van der Waals surface area contributed by atoms with Crippen LogP contribution < -0.4 is 4.74 Å². The van der Waals surface area contributed by atoms with Gasteiger partial charge in [0.25, 0.3) is 0 Å². The average Bonchev–Trinajstić information content (AvgIpc) is 2.50. The molecule has 0 amide bonds. The highest BCUT2D eigenvalue weighted by Gasteiger charge is 2.09. The van der Waals surface area contributed by atoms with Gasteiger partial charge >= 0.3 is 0 Å². The first-order valence-electron chi connectivity index (χ1n) is 5.86. The number of nitriles is 1. The summed E-state index contributed by atoms with van der Waals surface area (Å²) >= 11 is 12.2. The second-order valence-corrected chi connectivity index (χ2v) is 4.85. The Morgan fingerprint density at radius 2 is 1.55 bits per heavy atom. The molecule has 0 unspecified atom stereocenters. The molecule has 0 bridgehead atoms. The standard InChI is InChI=1S/C16H11Cl2NO/c1-20-14-8-4-12(5-9-14)16(18)15(10-19)11-2-6-13(17)7-3-11/h2-9H,1H3/b16-15+. The predicted octanol–water partition coefficient (Wildman–Crippen LogP) is 4.98. The van der Waals surface area contributed by atoms with Crippen molar-refractivity contribution in [2.75, 3.05) is 7.11 Å². The molecule has 0 radical (unpaired) electrons. The minimum absolute atomic E-state index is 0.400. The smallest absolute Gasteiger partial charge is 0.118 e. The van der Waals surface area contributed by atoms with E-state index in [0.29, 0.717) is 15.6 Å². The van der Waals surface area contributed by atoms with Crippen LogP contribution in [-0.2, 0) is 0 Å². The number of allylic oxidation sites excluding steroid dienone is 1. The molecular weight excluding hydrogens is 293 g/mol. The minimum Gasteiger partial charge on any atom is -0.497 e. The van der Waals surface area contributed by atoms with Crippen molar-refractivity contribution in [2.24, 2.45) is 0 Å². The zero-order valence-electron chi connectivity index (χ0n) is 10.7. The van der Waals surface area contributed by atoms with E-state index < -0.39 is 0 Å². The van der Waals surface area contributed by atoms with Crippen LogP contribution in [0.1, 0.15) is 11.1 Å². The quantitative estimate of drug-likeness (QED) is 0.592. The zero-order chi connectivity index (χ0) is 14.5. The molecule has 0 aromatic heterocycles. The lowest BCUT2D eigenvalue weighted by molar-refractivity contribution is 0.415. The molecule has 2 rings (SSSR count). The van der Waals surface area contributed by atoms with Crippen LogP contribution in [0.4, 0.5) is 0 Å². The second-order valence-electron chi connectivity index (χ2n) is 4.04. The Morgan fingerprint density at radius 3 is 2.05 bits per heavy atom. The highest BCUT2D eigenvalue weighted by molar-refractivity contribution is 6.53. The molecule has 20 heavy (non-hydrogen) atoms. The van der Waals surface area contributed by atoms with Crippen LogP contribution in [0, 0.1) is 11.3 Å². The Kier molecular flexibility index (Phi) is 4.68. The maximum Gasteiger partial charge on any atom is 0.118 e. The van der Waals surface area contributed by atoms with E-state index in [4.69, 9.17) is 27.9 Å². The van der Waals surface area contributed by atoms with Gasteiger partial charge in [0.05, 0.1) is 17.7 Å². The molecule has 2 aromatic rings. The van der Waals surface area contributed by atoms with Gasteiger partial charge in [-0.25, -0.2) is 0 Å². The number of ether oxygens (including phenoxy) is 1. The normalized spacial score (nSPS) is 11.5. The monoisotopic (exact) mass is 303 g/mol. The van der Waals surface area contributed by atoms with E-state index in [9.17, 15) is 5.26 Å². The predicted molar refractivity (Wildman–Crippen MR) is 82.7 cm³/mol. The summed E-state index contributed by atoms with van der Waals surface area (Å²) in [4.78, 5) is 0. The van der Waals surface area contributed by atoms with Crippen LogP contribution in [0.2, 0.25) is 5.02 Å². The molecule has 0 aliphatic heterocycles. The van der Waals surface area contributed by atoms with Crippen LogP contribution in [-0.4, -0.2) is 7.11 Å². The molecule has 0 aliphatic rings. The van der Waals surface area contributed by atoms with Crippen molar-refractivity contribution in [2.45, 2.75) is 0 Å². The van der Waals surface area contributed by atoms with Crippen molar-refractivity contribution in [1.82, 2.24) is 0 Å². The van der Waals surface area contributed by atoms with Crippen molar-refractivity contribution in [3.05, 3.63) is 64.7 Å². The molecule has 100 valence electrons. The van der Waals surface area contributed by atoms with E-state index in [-0.39, 0.29) is 0 Å². The highest BCUT2D eigenvalue weighted by atomic mass is 35.5. The maximum atomic E-state index is 9.33. The van der Waals surface area contributed by atoms with Crippen molar-refractivity contribution in [1.29, 1.82) is 5.26 Å². The number of benzene rings is 2. The molecule has 4 heteroatoms. The lowest BCUT2D eigenvalue weighted by Gasteiger charge is -2.06. The number of halogens is 2. The summed E-state index contributed by atoms with van der Waals surface area (Å²) in [6, 6.07) is 16.4. The van der Waals surface area contributed by atoms with Crippen LogP contribution in [0.15, 0.2) is 48.5 Å². The van der Waals surface area contributed by atoms with Gasteiger partial charge in [0, 0.05) is 5.02 Å². The van der Waals surface area contributed by atoms with Gasteiger partial charge in [0.1, 0.15) is 11.8 Å². The SMILES string of the molecule is COc1ccc(/C(Cl)=C(/C#N)c2ccc(Cl)cc2)cc1. The number of methoxy groups -OCH3 is 1. The van der Waals surface area contributed by atoms with Crippen LogP contribution in [0.3, 0.4) is 0 Å². The lowest BCUT2D eigenvalue weighted by atomic mass is 10.0. The Morgan fingerprint density at radius 1 is 1.00 bits per heavy atom. The first-order chi connectivity index (χ1) is 9.65. The molecule has 0 spiro atoms. The van der Waals surface area contributed by atoms with Gasteiger partial charge in [-0.1, -0.05) is 35.3 Å². The van der Waals surface area contributed by atoms with Crippen LogP contribution in [0.25, 0.3) is 10.6 Å². The Labute approximate surface area is 127 Å². The summed E-state index contributed by atoms with van der Waals surface area (Å²) < 4.78 is 5.09. The van der Waals surface area contributed by atoms with Gasteiger partial charge in [-0.3, -0.25) is 0 Å². The number of hydrogen-bond donors (Lipinski definition) is 0. The molecular formula is C16H11Cl2NO. The molecule has 2 nitrogen and oxygen atoms in total. The number of rotatable bonds is 3. The molecule has 0 saturated carbocycles. The topological polar surface area (TPSA) is 33.0 Å². The van der Waals surface area contributed by atoms with Crippen molar-refractivity contribution >= 4 is 33.8 Å². The van der Waals surface area contributed by atoms with Crippen LogP contribution >= 0.6 is 23.2 Å². The average molecular weight is 304 g/mol. The summed E-state index contributed by atoms with van der Waals surface area (Å²) in [7, 11) is 1.60. The van der Waals surface area contributed by atoms with E-state index in [0.717, 1.165) is 16.9 Å². The molecule has 0 aliphatic carbocycles. The van der Waals surface area contributed by atoms with Gasteiger partial charge in [-0.05, 0) is 47.5 Å². The fourth-order valence-corrected chi connectivity index (χ4v) is 2.14. The largest absolute Gasteiger partial charge is 0.497 e.